The molecule has 0 aromatic heterocycles. The van der Waals surface area contributed by atoms with Crippen LogP contribution in [0.5, 0.6) is 0 Å². The highest BCUT2D eigenvalue weighted by Gasteiger charge is 2.12. The summed E-state index contributed by atoms with van der Waals surface area (Å²) in [6.07, 6.45) is 1.38. The van der Waals surface area contributed by atoms with Gasteiger partial charge in [-0.1, -0.05) is 37.3 Å². The summed E-state index contributed by atoms with van der Waals surface area (Å²) in [6.45, 7) is 5.20. The van der Waals surface area contributed by atoms with Gasteiger partial charge in [0.1, 0.15) is 6.10 Å². The van der Waals surface area contributed by atoms with E-state index >= 15 is 0 Å². The van der Waals surface area contributed by atoms with E-state index in [9.17, 15) is 4.79 Å². The van der Waals surface area contributed by atoms with Crippen LogP contribution in [0.25, 0.3) is 0 Å². The zero-order valence-corrected chi connectivity index (χ0v) is 8.40. The molecule has 2 heteroatoms. The molecule has 1 aromatic carbocycles. The molecule has 0 heterocycles. The minimum Gasteiger partial charge on any atom is -0.458 e. The summed E-state index contributed by atoms with van der Waals surface area (Å²) in [4.78, 5) is 10.9. The molecule has 2 nitrogen and oxygen atoms in total. The van der Waals surface area contributed by atoms with E-state index in [1.165, 1.54) is 6.92 Å². The lowest BCUT2D eigenvalue weighted by Crippen LogP contribution is -2.08. The maximum absolute atomic E-state index is 10.9. The summed E-state index contributed by atoms with van der Waals surface area (Å²) in [7, 11) is 0. The Kier molecular flexibility index (Phi) is 4.17. The zero-order chi connectivity index (χ0) is 10.4. The first-order valence-electron chi connectivity index (χ1n) is 4.75. The molecule has 0 aliphatic rings. The van der Waals surface area contributed by atoms with Crippen LogP contribution >= 0.6 is 0 Å². The average Bonchev–Trinajstić information content (AvgIpc) is 2.18. The number of hydrogen-bond donors (Lipinski definition) is 0. The fourth-order valence-corrected chi connectivity index (χ4v) is 1.35. The molecule has 0 saturated heterocycles. The van der Waals surface area contributed by atoms with Crippen molar-refractivity contribution in [1.29, 1.82) is 0 Å². The molecular formula is C12H15O2. The van der Waals surface area contributed by atoms with Gasteiger partial charge in [-0.15, -0.1) is 0 Å². The van der Waals surface area contributed by atoms with Gasteiger partial charge in [0, 0.05) is 6.92 Å². The van der Waals surface area contributed by atoms with Crippen LogP contribution in [0.15, 0.2) is 30.3 Å². The minimum atomic E-state index is -0.243. The van der Waals surface area contributed by atoms with Gasteiger partial charge in [0.25, 0.3) is 0 Å². The van der Waals surface area contributed by atoms with Crippen molar-refractivity contribution in [2.45, 2.75) is 25.9 Å². The SMILES string of the molecule is [CH2]CCC(OC(C)=O)c1ccccc1. The van der Waals surface area contributed by atoms with E-state index in [-0.39, 0.29) is 12.1 Å². The van der Waals surface area contributed by atoms with Gasteiger partial charge in [0.2, 0.25) is 0 Å². The van der Waals surface area contributed by atoms with E-state index in [2.05, 4.69) is 6.92 Å². The maximum atomic E-state index is 10.9. The minimum absolute atomic E-state index is 0.147. The second-order valence-electron chi connectivity index (χ2n) is 3.15. The van der Waals surface area contributed by atoms with E-state index in [0.717, 1.165) is 18.4 Å². The van der Waals surface area contributed by atoms with Crippen molar-refractivity contribution in [2.24, 2.45) is 0 Å². The van der Waals surface area contributed by atoms with Crippen molar-refractivity contribution in [1.82, 2.24) is 0 Å². The fourth-order valence-electron chi connectivity index (χ4n) is 1.35. The Bertz CT molecular complexity index is 280. The Morgan fingerprint density at radius 1 is 1.43 bits per heavy atom. The third kappa shape index (κ3) is 3.21. The summed E-state index contributed by atoms with van der Waals surface area (Å²) in [5.74, 6) is -0.243. The first-order chi connectivity index (χ1) is 6.74. The highest BCUT2D eigenvalue weighted by Crippen LogP contribution is 2.22. The van der Waals surface area contributed by atoms with Crippen molar-refractivity contribution in [2.75, 3.05) is 0 Å². The van der Waals surface area contributed by atoms with Gasteiger partial charge < -0.3 is 4.74 Å². The number of carbonyl (C=O) groups is 1. The molecular weight excluding hydrogens is 176 g/mol. The molecule has 14 heavy (non-hydrogen) atoms. The highest BCUT2D eigenvalue weighted by atomic mass is 16.5. The van der Waals surface area contributed by atoms with Gasteiger partial charge in [-0.3, -0.25) is 4.79 Å². The number of ether oxygens (including phenoxy) is 1. The Hall–Kier alpha value is -1.31. The van der Waals surface area contributed by atoms with Crippen molar-refractivity contribution in [3.05, 3.63) is 42.8 Å². The molecule has 0 aliphatic carbocycles. The van der Waals surface area contributed by atoms with Crippen molar-refractivity contribution in [3.63, 3.8) is 0 Å². The van der Waals surface area contributed by atoms with Crippen LogP contribution in [-0.4, -0.2) is 5.97 Å². The molecule has 0 saturated carbocycles. The summed E-state index contributed by atoms with van der Waals surface area (Å²) < 4.78 is 5.20. The zero-order valence-electron chi connectivity index (χ0n) is 8.40. The molecule has 75 valence electrons. The third-order valence-electron chi connectivity index (χ3n) is 1.95. The first-order valence-corrected chi connectivity index (χ1v) is 4.75. The van der Waals surface area contributed by atoms with E-state index in [0.29, 0.717) is 0 Å². The smallest absolute Gasteiger partial charge is 0.303 e. The normalized spacial score (nSPS) is 12.1. The molecule has 0 bridgehead atoms. The van der Waals surface area contributed by atoms with Gasteiger partial charge in [-0.2, -0.15) is 0 Å². The number of rotatable bonds is 4. The summed E-state index contributed by atoms with van der Waals surface area (Å²) >= 11 is 0. The van der Waals surface area contributed by atoms with Crippen LogP contribution in [0, 0.1) is 6.92 Å². The standard InChI is InChI=1S/C12H15O2/c1-3-7-12(14-10(2)13)11-8-5-4-6-9-11/h4-6,8-9,12H,1,3,7H2,2H3. The van der Waals surface area contributed by atoms with Crippen molar-refractivity contribution >= 4 is 5.97 Å². The second-order valence-corrected chi connectivity index (χ2v) is 3.15. The Labute approximate surface area is 84.9 Å². The van der Waals surface area contributed by atoms with E-state index in [1.807, 2.05) is 30.3 Å². The first kappa shape index (κ1) is 10.8. The predicted molar refractivity (Wildman–Crippen MR) is 55.5 cm³/mol. The lowest BCUT2D eigenvalue weighted by Gasteiger charge is -2.16. The molecule has 1 aromatic rings. The van der Waals surface area contributed by atoms with Gasteiger partial charge >= 0.3 is 5.97 Å². The van der Waals surface area contributed by atoms with Crippen molar-refractivity contribution < 1.29 is 9.53 Å². The lowest BCUT2D eigenvalue weighted by molar-refractivity contribution is -0.147. The lowest BCUT2D eigenvalue weighted by atomic mass is 10.1. The molecule has 0 aliphatic heterocycles. The third-order valence-corrected chi connectivity index (χ3v) is 1.95. The summed E-state index contributed by atoms with van der Waals surface area (Å²) in [6, 6.07) is 9.74. The second kappa shape index (κ2) is 5.43. The highest BCUT2D eigenvalue weighted by molar-refractivity contribution is 5.66. The van der Waals surface area contributed by atoms with Gasteiger partial charge in [-0.25, -0.2) is 0 Å². The largest absolute Gasteiger partial charge is 0.458 e. The molecule has 1 atom stereocenters. The molecule has 0 N–H and O–H groups in total. The number of hydrogen-bond acceptors (Lipinski definition) is 2. The van der Waals surface area contributed by atoms with Gasteiger partial charge in [-0.05, 0) is 18.4 Å². The van der Waals surface area contributed by atoms with E-state index in [4.69, 9.17) is 4.74 Å². The van der Waals surface area contributed by atoms with Crippen LogP contribution < -0.4 is 0 Å². The van der Waals surface area contributed by atoms with Crippen LogP contribution in [0.3, 0.4) is 0 Å². The average molecular weight is 191 g/mol. The fraction of sp³-hybridized carbons (Fsp3) is 0.333. The molecule has 1 radical (unpaired) electrons. The number of esters is 1. The molecule has 1 unspecified atom stereocenters. The molecule has 0 spiro atoms. The molecule has 0 amide bonds. The van der Waals surface area contributed by atoms with Gasteiger partial charge in [0.15, 0.2) is 0 Å². The summed E-state index contributed by atoms with van der Waals surface area (Å²) in [5, 5.41) is 0. The molecule has 0 fully saturated rings. The molecule has 1 rings (SSSR count). The van der Waals surface area contributed by atoms with Crippen molar-refractivity contribution in [3.8, 4) is 0 Å². The van der Waals surface area contributed by atoms with Gasteiger partial charge in [0.05, 0.1) is 0 Å². The quantitative estimate of drug-likeness (QED) is 0.684. The van der Waals surface area contributed by atoms with Crippen LogP contribution in [0.1, 0.15) is 31.4 Å². The topological polar surface area (TPSA) is 26.3 Å². The number of carbonyl (C=O) groups excluding carboxylic acids is 1. The van der Waals surface area contributed by atoms with E-state index < -0.39 is 0 Å². The Morgan fingerprint density at radius 3 is 2.57 bits per heavy atom. The number of benzene rings is 1. The predicted octanol–water partition coefficient (Wildman–Crippen LogP) is 2.91. The van der Waals surface area contributed by atoms with Crippen LogP contribution in [-0.2, 0) is 9.53 Å². The van der Waals surface area contributed by atoms with Crippen LogP contribution in [0.4, 0.5) is 0 Å². The van der Waals surface area contributed by atoms with Crippen LogP contribution in [0.2, 0.25) is 0 Å². The summed E-state index contributed by atoms with van der Waals surface area (Å²) in [5.41, 5.74) is 1.03. The monoisotopic (exact) mass is 191 g/mol. The van der Waals surface area contributed by atoms with E-state index in [1.54, 1.807) is 0 Å². The maximum Gasteiger partial charge on any atom is 0.303 e. The Balaban J connectivity index is 2.72. The Morgan fingerprint density at radius 2 is 2.07 bits per heavy atom.